The second-order valence-electron chi connectivity index (χ2n) is 4.64. The molecule has 1 fully saturated rings. The summed E-state index contributed by atoms with van der Waals surface area (Å²) in [6, 6.07) is 7.80. The van der Waals surface area contributed by atoms with Crippen LogP contribution in [0.4, 0.5) is 5.69 Å². The zero-order valence-corrected chi connectivity index (χ0v) is 12.1. The van der Waals surface area contributed by atoms with Crippen LogP contribution in [0.15, 0.2) is 24.3 Å². The van der Waals surface area contributed by atoms with E-state index in [0.717, 1.165) is 23.8 Å². The lowest BCUT2D eigenvalue weighted by Gasteiger charge is -2.37. The van der Waals surface area contributed by atoms with Crippen LogP contribution in [0.1, 0.15) is 6.92 Å². The predicted octanol–water partition coefficient (Wildman–Crippen LogP) is 2.02. The number of hydrogen-bond acceptors (Lipinski definition) is 3. The molecular formula is C14H19ClN2O2. The minimum atomic E-state index is -0.369. The van der Waals surface area contributed by atoms with Gasteiger partial charge in [0.25, 0.3) is 5.91 Å². The summed E-state index contributed by atoms with van der Waals surface area (Å²) in [6.07, 6.45) is -0.369. The van der Waals surface area contributed by atoms with E-state index < -0.39 is 0 Å². The first kappa shape index (κ1) is 14.2. The highest BCUT2D eigenvalue weighted by Crippen LogP contribution is 2.26. The molecule has 104 valence electrons. The molecule has 1 aliphatic rings. The molecule has 1 amide bonds. The van der Waals surface area contributed by atoms with E-state index in [-0.39, 0.29) is 12.0 Å². The lowest BCUT2D eigenvalue weighted by Crippen LogP contribution is -2.51. The Hall–Kier alpha value is -1.26. The van der Waals surface area contributed by atoms with Crippen molar-refractivity contribution < 1.29 is 9.53 Å². The van der Waals surface area contributed by atoms with E-state index in [2.05, 4.69) is 4.90 Å². The van der Waals surface area contributed by atoms with Gasteiger partial charge in [-0.3, -0.25) is 4.79 Å². The van der Waals surface area contributed by atoms with Crippen LogP contribution in [-0.4, -0.2) is 50.2 Å². The number of benzene rings is 1. The van der Waals surface area contributed by atoms with Gasteiger partial charge in [-0.1, -0.05) is 23.7 Å². The molecule has 1 atom stereocenters. The van der Waals surface area contributed by atoms with Gasteiger partial charge in [0.1, 0.15) is 6.10 Å². The topological polar surface area (TPSA) is 32.8 Å². The third-order valence-corrected chi connectivity index (χ3v) is 3.81. The Morgan fingerprint density at radius 2 is 1.89 bits per heavy atom. The summed E-state index contributed by atoms with van der Waals surface area (Å²) in [5.74, 6) is 0.0568. The van der Waals surface area contributed by atoms with Crippen LogP contribution in [0.25, 0.3) is 0 Å². The first-order valence-electron chi connectivity index (χ1n) is 6.44. The largest absolute Gasteiger partial charge is 0.372 e. The van der Waals surface area contributed by atoms with Gasteiger partial charge < -0.3 is 14.5 Å². The smallest absolute Gasteiger partial charge is 0.251 e. The molecule has 5 heteroatoms. The summed E-state index contributed by atoms with van der Waals surface area (Å²) in [6.45, 7) is 4.79. The Labute approximate surface area is 118 Å². The van der Waals surface area contributed by atoms with Crippen molar-refractivity contribution >= 4 is 23.2 Å². The number of halogens is 1. The zero-order chi connectivity index (χ0) is 13.8. The summed E-state index contributed by atoms with van der Waals surface area (Å²) >= 11 is 6.19. The molecule has 0 spiro atoms. The van der Waals surface area contributed by atoms with Gasteiger partial charge >= 0.3 is 0 Å². The number of amides is 1. The van der Waals surface area contributed by atoms with Gasteiger partial charge in [-0.05, 0) is 19.1 Å². The van der Waals surface area contributed by atoms with E-state index in [1.807, 2.05) is 29.2 Å². The average molecular weight is 283 g/mol. The first-order chi connectivity index (χ1) is 9.13. The molecule has 0 bridgehead atoms. The van der Waals surface area contributed by atoms with Crippen LogP contribution < -0.4 is 4.90 Å². The average Bonchev–Trinajstić information content (AvgIpc) is 2.46. The van der Waals surface area contributed by atoms with Gasteiger partial charge in [-0.15, -0.1) is 0 Å². The van der Waals surface area contributed by atoms with Crippen molar-refractivity contribution in [1.82, 2.24) is 4.90 Å². The lowest BCUT2D eigenvalue weighted by molar-refractivity contribution is -0.141. The third-order valence-electron chi connectivity index (χ3n) is 3.49. The van der Waals surface area contributed by atoms with Crippen molar-refractivity contribution in [2.24, 2.45) is 0 Å². The highest BCUT2D eigenvalue weighted by Gasteiger charge is 2.25. The number of anilines is 1. The number of ether oxygens (including phenoxy) is 1. The van der Waals surface area contributed by atoms with Gasteiger partial charge in [-0.25, -0.2) is 0 Å². The van der Waals surface area contributed by atoms with Gasteiger partial charge in [0, 0.05) is 33.3 Å². The monoisotopic (exact) mass is 282 g/mol. The molecule has 1 aliphatic heterocycles. The van der Waals surface area contributed by atoms with Gasteiger partial charge in [-0.2, -0.15) is 0 Å². The Morgan fingerprint density at radius 1 is 1.26 bits per heavy atom. The summed E-state index contributed by atoms with van der Waals surface area (Å²) < 4.78 is 5.07. The van der Waals surface area contributed by atoms with Crippen molar-refractivity contribution in [2.75, 3.05) is 38.2 Å². The second kappa shape index (κ2) is 6.26. The molecule has 1 heterocycles. The normalized spacial score (nSPS) is 17.4. The predicted molar refractivity (Wildman–Crippen MR) is 76.7 cm³/mol. The minimum absolute atomic E-state index is 0.0568. The van der Waals surface area contributed by atoms with Crippen molar-refractivity contribution in [2.45, 2.75) is 13.0 Å². The number of rotatable bonds is 3. The summed E-state index contributed by atoms with van der Waals surface area (Å²) in [5.41, 5.74) is 1.04. The van der Waals surface area contributed by atoms with E-state index in [1.165, 1.54) is 0 Å². The van der Waals surface area contributed by atoms with Crippen LogP contribution >= 0.6 is 11.6 Å². The maximum Gasteiger partial charge on any atom is 0.251 e. The molecule has 1 saturated heterocycles. The molecule has 0 saturated carbocycles. The van der Waals surface area contributed by atoms with Crippen molar-refractivity contribution in [1.29, 1.82) is 0 Å². The molecule has 1 aromatic carbocycles. The number of piperazine rings is 1. The Kier molecular flexibility index (Phi) is 4.66. The SMILES string of the molecule is COC(C)C(=O)N1CCN(c2ccccc2Cl)CC1. The fourth-order valence-corrected chi connectivity index (χ4v) is 2.49. The summed E-state index contributed by atoms with van der Waals surface area (Å²) in [4.78, 5) is 16.1. The summed E-state index contributed by atoms with van der Waals surface area (Å²) in [5, 5.41) is 0.757. The van der Waals surface area contributed by atoms with Crippen LogP contribution in [0.5, 0.6) is 0 Å². The Bertz CT molecular complexity index is 445. The molecule has 19 heavy (non-hydrogen) atoms. The molecule has 0 aliphatic carbocycles. The van der Waals surface area contributed by atoms with Crippen LogP contribution in [0, 0.1) is 0 Å². The Morgan fingerprint density at radius 3 is 2.47 bits per heavy atom. The molecular weight excluding hydrogens is 264 g/mol. The van der Waals surface area contributed by atoms with E-state index in [4.69, 9.17) is 16.3 Å². The van der Waals surface area contributed by atoms with Gasteiger partial charge in [0.05, 0.1) is 10.7 Å². The van der Waals surface area contributed by atoms with Crippen molar-refractivity contribution in [3.8, 4) is 0 Å². The molecule has 0 radical (unpaired) electrons. The highest BCUT2D eigenvalue weighted by molar-refractivity contribution is 6.33. The number of para-hydroxylation sites is 1. The maximum absolute atomic E-state index is 12.0. The molecule has 0 aromatic heterocycles. The molecule has 1 unspecified atom stereocenters. The summed E-state index contributed by atoms with van der Waals surface area (Å²) in [7, 11) is 1.56. The quantitative estimate of drug-likeness (QED) is 0.850. The highest BCUT2D eigenvalue weighted by atomic mass is 35.5. The fourth-order valence-electron chi connectivity index (χ4n) is 2.23. The van der Waals surface area contributed by atoms with Gasteiger partial charge in [0.2, 0.25) is 0 Å². The van der Waals surface area contributed by atoms with Crippen LogP contribution in [0.3, 0.4) is 0 Å². The fraction of sp³-hybridized carbons (Fsp3) is 0.500. The number of carbonyl (C=O) groups excluding carboxylic acids is 1. The van der Waals surface area contributed by atoms with E-state index >= 15 is 0 Å². The number of hydrogen-bond donors (Lipinski definition) is 0. The molecule has 1 aromatic rings. The maximum atomic E-state index is 12.0. The second-order valence-corrected chi connectivity index (χ2v) is 5.05. The van der Waals surface area contributed by atoms with E-state index in [9.17, 15) is 4.79 Å². The number of nitrogens with zero attached hydrogens (tertiary/aromatic N) is 2. The van der Waals surface area contributed by atoms with Crippen LogP contribution in [-0.2, 0) is 9.53 Å². The number of carbonyl (C=O) groups is 1. The number of methoxy groups -OCH3 is 1. The van der Waals surface area contributed by atoms with Gasteiger partial charge in [0.15, 0.2) is 0 Å². The third kappa shape index (κ3) is 3.19. The zero-order valence-electron chi connectivity index (χ0n) is 11.3. The molecule has 2 rings (SSSR count). The van der Waals surface area contributed by atoms with Crippen LogP contribution in [0.2, 0.25) is 5.02 Å². The lowest BCUT2D eigenvalue weighted by atomic mass is 10.2. The molecule has 0 N–H and O–H groups in total. The van der Waals surface area contributed by atoms with Crippen molar-refractivity contribution in [3.63, 3.8) is 0 Å². The first-order valence-corrected chi connectivity index (χ1v) is 6.82. The minimum Gasteiger partial charge on any atom is -0.372 e. The molecule has 4 nitrogen and oxygen atoms in total. The standard InChI is InChI=1S/C14H19ClN2O2/c1-11(19-2)14(18)17-9-7-16(8-10-17)13-6-4-3-5-12(13)15/h3-6,11H,7-10H2,1-2H3. The van der Waals surface area contributed by atoms with Crippen molar-refractivity contribution in [3.05, 3.63) is 29.3 Å². The van der Waals surface area contributed by atoms with E-state index in [0.29, 0.717) is 13.1 Å². The Balaban J connectivity index is 1.96. The van der Waals surface area contributed by atoms with E-state index in [1.54, 1.807) is 14.0 Å².